The number of Topliss-reactive ketones (excluding diaryl/α,β-unsaturated/α-hetero) is 1. The number of nitrogens with one attached hydrogen (secondary N) is 1. The summed E-state index contributed by atoms with van der Waals surface area (Å²) in [7, 11) is 0. The summed E-state index contributed by atoms with van der Waals surface area (Å²) in [4.78, 5) is 29.1. The molecule has 1 amide bonds. The van der Waals surface area contributed by atoms with Gasteiger partial charge in [-0.1, -0.05) is 37.3 Å². The van der Waals surface area contributed by atoms with E-state index in [9.17, 15) is 9.59 Å². The van der Waals surface area contributed by atoms with Crippen LogP contribution in [-0.2, 0) is 4.79 Å². The summed E-state index contributed by atoms with van der Waals surface area (Å²) in [5, 5.41) is 3.05. The number of hydrogen-bond donors (Lipinski definition) is 1. The number of rotatable bonds is 10. The summed E-state index contributed by atoms with van der Waals surface area (Å²) in [6.45, 7) is 2.69. The van der Waals surface area contributed by atoms with Gasteiger partial charge in [-0.3, -0.25) is 14.6 Å². The Labute approximate surface area is 177 Å². The van der Waals surface area contributed by atoms with Crippen molar-refractivity contribution in [3.05, 3.63) is 95.8 Å². The van der Waals surface area contributed by atoms with E-state index in [0.29, 0.717) is 12.2 Å². The monoisotopic (exact) mass is 402 g/mol. The number of carbonyl (C=O) groups is 2. The standard InChI is InChI=1S/C25H26N2O3/c1-2-18-30-22-10-8-19(9-11-22)23(28)12-13-24(29)27-25(20-6-4-3-5-7-20)21-14-16-26-17-15-21/h3-11,14-17,25H,2,12-13,18H2,1H3,(H,27,29). The molecule has 1 N–H and O–H groups in total. The van der Waals surface area contributed by atoms with Crippen LogP contribution in [0.3, 0.4) is 0 Å². The highest BCUT2D eigenvalue weighted by molar-refractivity contribution is 5.98. The minimum Gasteiger partial charge on any atom is -0.494 e. The fourth-order valence-corrected chi connectivity index (χ4v) is 3.12. The zero-order valence-electron chi connectivity index (χ0n) is 17.1. The van der Waals surface area contributed by atoms with Gasteiger partial charge in [0.05, 0.1) is 12.6 Å². The third-order valence-corrected chi connectivity index (χ3v) is 4.71. The van der Waals surface area contributed by atoms with Crippen molar-refractivity contribution in [2.75, 3.05) is 6.61 Å². The number of nitrogens with zero attached hydrogens (tertiary/aromatic N) is 1. The first kappa shape index (κ1) is 21.2. The van der Waals surface area contributed by atoms with Gasteiger partial charge in [-0.15, -0.1) is 0 Å². The Morgan fingerprint density at radius 1 is 0.900 bits per heavy atom. The lowest BCUT2D eigenvalue weighted by Crippen LogP contribution is -2.29. The van der Waals surface area contributed by atoms with Crippen LogP contribution in [0.2, 0.25) is 0 Å². The zero-order chi connectivity index (χ0) is 21.2. The Kier molecular flexibility index (Phi) is 7.72. The van der Waals surface area contributed by atoms with Gasteiger partial charge in [0.25, 0.3) is 0 Å². The van der Waals surface area contributed by atoms with Gasteiger partial charge in [-0.25, -0.2) is 0 Å². The normalized spacial score (nSPS) is 11.5. The third-order valence-electron chi connectivity index (χ3n) is 4.71. The molecule has 154 valence electrons. The molecule has 1 atom stereocenters. The molecule has 1 aromatic heterocycles. The minimum atomic E-state index is -0.285. The van der Waals surface area contributed by atoms with Crippen molar-refractivity contribution in [1.82, 2.24) is 10.3 Å². The summed E-state index contributed by atoms with van der Waals surface area (Å²) in [5.41, 5.74) is 2.50. The van der Waals surface area contributed by atoms with Crippen molar-refractivity contribution in [3.8, 4) is 5.75 Å². The molecular weight excluding hydrogens is 376 g/mol. The molecular formula is C25H26N2O3. The molecule has 1 unspecified atom stereocenters. The number of ether oxygens (including phenoxy) is 1. The maximum Gasteiger partial charge on any atom is 0.221 e. The Bertz CT molecular complexity index is 902. The third kappa shape index (κ3) is 6.01. The molecule has 5 nitrogen and oxygen atoms in total. The largest absolute Gasteiger partial charge is 0.494 e. The Hall–Kier alpha value is -3.47. The molecule has 0 saturated carbocycles. The molecule has 0 aliphatic carbocycles. The van der Waals surface area contributed by atoms with Gasteiger partial charge in [0.2, 0.25) is 5.91 Å². The van der Waals surface area contributed by atoms with E-state index in [-0.39, 0.29) is 30.6 Å². The molecule has 0 spiro atoms. The Balaban J connectivity index is 1.60. The number of hydrogen-bond acceptors (Lipinski definition) is 4. The van der Waals surface area contributed by atoms with Gasteiger partial charge >= 0.3 is 0 Å². The lowest BCUT2D eigenvalue weighted by Gasteiger charge is -2.19. The van der Waals surface area contributed by atoms with Crippen LogP contribution in [0, 0.1) is 0 Å². The molecule has 2 aromatic carbocycles. The fourth-order valence-electron chi connectivity index (χ4n) is 3.12. The molecule has 30 heavy (non-hydrogen) atoms. The van der Waals surface area contributed by atoms with Crippen LogP contribution in [0.25, 0.3) is 0 Å². The molecule has 0 aliphatic heterocycles. The quantitative estimate of drug-likeness (QED) is 0.498. The van der Waals surface area contributed by atoms with Crippen molar-refractivity contribution < 1.29 is 14.3 Å². The summed E-state index contributed by atoms with van der Waals surface area (Å²) < 4.78 is 5.54. The highest BCUT2D eigenvalue weighted by atomic mass is 16.5. The van der Waals surface area contributed by atoms with Crippen LogP contribution in [0.4, 0.5) is 0 Å². The Morgan fingerprint density at radius 3 is 2.23 bits per heavy atom. The minimum absolute atomic E-state index is 0.0626. The number of aromatic nitrogens is 1. The number of benzene rings is 2. The number of carbonyl (C=O) groups excluding carboxylic acids is 2. The van der Waals surface area contributed by atoms with E-state index in [1.165, 1.54) is 0 Å². The predicted molar refractivity (Wildman–Crippen MR) is 116 cm³/mol. The molecule has 3 aromatic rings. The lowest BCUT2D eigenvalue weighted by molar-refractivity contribution is -0.121. The molecule has 1 heterocycles. The maximum atomic E-state index is 12.6. The molecule has 0 fully saturated rings. The van der Waals surface area contributed by atoms with Gasteiger partial charge in [0.1, 0.15) is 5.75 Å². The van der Waals surface area contributed by atoms with Crippen LogP contribution in [-0.4, -0.2) is 23.3 Å². The lowest BCUT2D eigenvalue weighted by atomic mass is 9.99. The van der Waals surface area contributed by atoms with Gasteiger partial charge in [-0.2, -0.15) is 0 Å². The van der Waals surface area contributed by atoms with Crippen LogP contribution >= 0.6 is 0 Å². The van der Waals surface area contributed by atoms with Gasteiger partial charge < -0.3 is 10.1 Å². The maximum absolute atomic E-state index is 12.6. The van der Waals surface area contributed by atoms with Crippen molar-refractivity contribution in [2.24, 2.45) is 0 Å². The van der Waals surface area contributed by atoms with Crippen LogP contribution < -0.4 is 10.1 Å². The number of amides is 1. The second-order valence-corrected chi connectivity index (χ2v) is 6.99. The molecule has 0 bridgehead atoms. The van der Waals surface area contributed by atoms with E-state index in [4.69, 9.17) is 4.74 Å². The first-order chi connectivity index (χ1) is 14.7. The van der Waals surface area contributed by atoms with Crippen molar-refractivity contribution >= 4 is 11.7 Å². The summed E-state index contributed by atoms with van der Waals surface area (Å²) in [5.74, 6) is 0.512. The number of pyridine rings is 1. The second kappa shape index (κ2) is 10.9. The topological polar surface area (TPSA) is 68.3 Å². The van der Waals surface area contributed by atoms with Gasteiger partial charge in [-0.05, 0) is 53.9 Å². The highest BCUT2D eigenvalue weighted by Gasteiger charge is 2.17. The van der Waals surface area contributed by atoms with Crippen LogP contribution in [0.15, 0.2) is 79.1 Å². The summed E-state index contributed by atoms with van der Waals surface area (Å²) in [6, 6.07) is 20.3. The first-order valence-electron chi connectivity index (χ1n) is 10.2. The van der Waals surface area contributed by atoms with E-state index >= 15 is 0 Å². The molecule has 3 rings (SSSR count). The summed E-state index contributed by atoms with van der Waals surface area (Å²) >= 11 is 0. The average Bonchev–Trinajstić information content (AvgIpc) is 2.81. The molecule has 0 saturated heterocycles. The molecule has 0 aliphatic rings. The predicted octanol–water partition coefficient (Wildman–Crippen LogP) is 4.74. The van der Waals surface area contributed by atoms with Crippen molar-refractivity contribution in [1.29, 1.82) is 0 Å². The van der Waals surface area contributed by atoms with E-state index < -0.39 is 0 Å². The second-order valence-electron chi connectivity index (χ2n) is 6.99. The van der Waals surface area contributed by atoms with E-state index in [2.05, 4.69) is 10.3 Å². The van der Waals surface area contributed by atoms with Crippen LogP contribution in [0.5, 0.6) is 5.75 Å². The van der Waals surface area contributed by atoms with E-state index in [0.717, 1.165) is 23.3 Å². The smallest absolute Gasteiger partial charge is 0.221 e. The molecule has 0 radical (unpaired) electrons. The SMILES string of the molecule is CCCOc1ccc(C(=O)CCC(=O)NC(c2ccccc2)c2ccncc2)cc1. The first-order valence-corrected chi connectivity index (χ1v) is 10.2. The van der Waals surface area contributed by atoms with E-state index in [1.54, 1.807) is 36.7 Å². The zero-order valence-corrected chi connectivity index (χ0v) is 17.1. The summed E-state index contributed by atoms with van der Waals surface area (Å²) in [6.07, 6.45) is 4.61. The van der Waals surface area contributed by atoms with Crippen molar-refractivity contribution in [3.63, 3.8) is 0 Å². The molecule has 5 heteroatoms. The Morgan fingerprint density at radius 2 is 1.57 bits per heavy atom. The van der Waals surface area contributed by atoms with Gasteiger partial charge in [0, 0.05) is 30.8 Å². The highest BCUT2D eigenvalue weighted by Crippen LogP contribution is 2.22. The average molecular weight is 402 g/mol. The van der Waals surface area contributed by atoms with Crippen LogP contribution in [0.1, 0.15) is 53.7 Å². The fraction of sp³-hybridized carbons (Fsp3) is 0.240. The number of ketones is 1. The van der Waals surface area contributed by atoms with Gasteiger partial charge in [0.15, 0.2) is 5.78 Å². The van der Waals surface area contributed by atoms with E-state index in [1.807, 2.05) is 49.4 Å². The van der Waals surface area contributed by atoms with Crippen molar-refractivity contribution in [2.45, 2.75) is 32.2 Å².